The van der Waals surface area contributed by atoms with Crippen LogP contribution in [0.3, 0.4) is 0 Å². The van der Waals surface area contributed by atoms with E-state index in [0.717, 1.165) is 6.07 Å². The largest absolute Gasteiger partial charge is 0.399 e. The summed E-state index contributed by atoms with van der Waals surface area (Å²) in [5.74, 6) is -1.01. The van der Waals surface area contributed by atoms with Gasteiger partial charge in [0.25, 0.3) is 5.91 Å². The molecule has 0 unspecified atom stereocenters. The molecular weight excluding hydrogens is 239 g/mol. The number of nitrogens with two attached hydrogens (primary N) is 1. The van der Waals surface area contributed by atoms with Crippen molar-refractivity contribution in [3.8, 4) is 0 Å². The molecule has 3 N–H and O–H groups in total. The second-order valence-electron chi connectivity index (χ2n) is 4.39. The van der Waals surface area contributed by atoms with E-state index >= 15 is 0 Å². The summed E-state index contributed by atoms with van der Waals surface area (Å²) in [6.45, 7) is 4.51. The molecular formula is C12H17FN2OS. The van der Waals surface area contributed by atoms with E-state index in [1.54, 1.807) is 11.8 Å². The molecule has 0 atom stereocenters. The normalized spacial score (nSPS) is 11.3. The van der Waals surface area contributed by atoms with E-state index in [0.29, 0.717) is 12.2 Å². The third-order valence-corrected chi connectivity index (χ3v) is 3.71. The number of anilines is 1. The van der Waals surface area contributed by atoms with Gasteiger partial charge in [0.15, 0.2) is 0 Å². The maximum absolute atomic E-state index is 13.5. The minimum Gasteiger partial charge on any atom is -0.399 e. The number of hydrogen-bond donors (Lipinski definition) is 2. The molecule has 1 amide bonds. The van der Waals surface area contributed by atoms with Gasteiger partial charge in [0.1, 0.15) is 5.82 Å². The lowest BCUT2D eigenvalue weighted by Gasteiger charge is -2.22. The first-order valence-electron chi connectivity index (χ1n) is 5.24. The minimum atomic E-state index is -0.593. The van der Waals surface area contributed by atoms with Gasteiger partial charge in [-0.15, -0.1) is 0 Å². The summed E-state index contributed by atoms with van der Waals surface area (Å²) in [4.78, 5) is 11.7. The molecule has 1 aromatic rings. The standard InChI is InChI=1S/C12H17FN2OS/c1-12(2,17-3)7-15-11(16)9-5-4-8(14)6-10(9)13/h4-6H,7,14H2,1-3H3,(H,15,16). The number of carbonyl (C=O) groups excluding carboxylic acids is 1. The van der Waals surface area contributed by atoms with Gasteiger partial charge >= 0.3 is 0 Å². The van der Waals surface area contributed by atoms with Crippen LogP contribution in [0.1, 0.15) is 24.2 Å². The van der Waals surface area contributed by atoms with Crippen molar-refractivity contribution in [3.63, 3.8) is 0 Å². The molecule has 1 rings (SSSR count). The molecule has 0 spiro atoms. The highest BCUT2D eigenvalue weighted by Crippen LogP contribution is 2.20. The monoisotopic (exact) mass is 256 g/mol. The SMILES string of the molecule is CSC(C)(C)CNC(=O)c1ccc(N)cc1F. The first kappa shape index (κ1) is 13.8. The van der Waals surface area contributed by atoms with Gasteiger partial charge in [-0.3, -0.25) is 4.79 Å². The lowest BCUT2D eigenvalue weighted by Crippen LogP contribution is -2.36. The minimum absolute atomic E-state index is 0.0242. The van der Waals surface area contributed by atoms with Crippen molar-refractivity contribution in [3.05, 3.63) is 29.6 Å². The summed E-state index contributed by atoms with van der Waals surface area (Å²) in [5, 5.41) is 2.71. The number of carbonyl (C=O) groups is 1. The summed E-state index contributed by atoms with van der Waals surface area (Å²) < 4.78 is 13.4. The number of benzene rings is 1. The summed E-state index contributed by atoms with van der Waals surface area (Å²) in [6, 6.07) is 4.05. The number of rotatable bonds is 4. The second kappa shape index (κ2) is 5.40. The Morgan fingerprint density at radius 1 is 1.53 bits per heavy atom. The highest BCUT2D eigenvalue weighted by Gasteiger charge is 2.18. The Hall–Kier alpha value is -1.23. The number of nitrogen functional groups attached to an aromatic ring is 1. The Labute approximate surface area is 105 Å². The van der Waals surface area contributed by atoms with Crippen LogP contribution in [0, 0.1) is 5.82 Å². The molecule has 0 bridgehead atoms. The topological polar surface area (TPSA) is 55.1 Å². The van der Waals surface area contributed by atoms with Crippen LogP contribution in [0.2, 0.25) is 0 Å². The molecule has 0 saturated heterocycles. The average Bonchev–Trinajstić information content (AvgIpc) is 2.26. The number of amides is 1. The Balaban J connectivity index is 2.71. The van der Waals surface area contributed by atoms with E-state index in [4.69, 9.17) is 5.73 Å². The third-order valence-electron chi connectivity index (χ3n) is 2.47. The lowest BCUT2D eigenvalue weighted by molar-refractivity contribution is 0.0947. The molecule has 0 aromatic heterocycles. The van der Waals surface area contributed by atoms with Crippen LogP contribution in [0.4, 0.5) is 10.1 Å². The molecule has 94 valence electrons. The van der Waals surface area contributed by atoms with Crippen LogP contribution in [0.15, 0.2) is 18.2 Å². The molecule has 0 aliphatic heterocycles. The van der Waals surface area contributed by atoms with Gasteiger partial charge in [-0.1, -0.05) is 0 Å². The van der Waals surface area contributed by atoms with Gasteiger partial charge in [0.2, 0.25) is 0 Å². The van der Waals surface area contributed by atoms with Crippen molar-refractivity contribution >= 4 is 23.4 Å². The van der Waals surface area contributed by atoms with Crippen molar-refractivity contribution in [2.24, 2.45) is 0 Å². The summed E-state index contributed by atoms with van der Waals surface area (Å²) >= 11 is 1.64. The Bertz CT molecular complexity index is 421. The van der Waals surface area contributed by atoms with Crippen LogP contribution in [0.25, 0.3) is 0 Å². The van der Waals surface area contributed by atoms with Crippen LogP contribution < -0.4 is 11.1 Å². The van der Waals surface area contributed by atoms with Gasteiger partial charge < -0.3 is 11.1 Å². The zero-order valence-corrected chi connectivity index (χ0v) is 11.0. The van der Waals surface area contributed by atoms with Crippen molar-refractivity contribution in [1.29, 1.82) is 0 Å². The quantitative estimate of drug-likeness (QED) is 0.813. The Morgan fingerprint density at radius 2 is 2.18 bits per heavy atom. The third kappa shape index (κ3) is 3.93. The van der Waals surface area contributed by atoms with E-state index in [2.05, 4.69) is 5.32 Å². The molecule has 5 heteroatoms. The molecule has 3 nitrogen and oxygen atoms in total. The molecule has 0 radical (unpaired) electrons. The maximum Gasteiger partial charge on any atom is 0.254 e. The highest BCUT2D eigenvalue weighted by atomic mass is 32.2. The van der Waals surface area contributed by atoms with Crippen molar-refractivity contribution in [2.45, 2.75) is 18.6 Å². The summed E-state index contributed by atoms with van der Waals surface area (Å²) in [6.07, 6.45) is 1.97. The zero-order valence-electron chi connectivity index (χ0n) is 10.2. The smallest absolute Gasteiger partial charge is 0.254 e. The fourth-order valence-electron chi connectivity index (χ4n) is 1.18. The van der Waals surface area contributed by atoms with E-state index in [1.165, 1.54) is 12.1 Å². The Morgan fingerprint density at radius 3 is 2.71 bits per heavy atom. The van der Waals surface area contributed by atoms with Crippen LogP contribution in [0.5, 0.6) is 0 Å². The molecule has 0 saturated carbocycles. The van der Waals surface area contributed by atoms with E-state index in [9.17, 15) is 9.18 Å². The molecule has 0 fully saturated rings. The van der Waals surface area contributed by atoms with E-state index in [1.807, 2.05) is 20.1 Å². The molecule has 17 heavy (non-hydrogen) atoms. The van der Waals surface area contributed by atoms with Crippen LogP contribution >= 0.6 is 11.8 Å². The van der Waals surface area contributed by atoms with Gasteiger partial charge in [-0.25, -0.2) is 4.39 Å². The molecule has 1 aromatic carbocycles. The van der Waals surface area contributed by atoms with Gasteiger partial charge in [-0.2, -0.15) is 11.8 Å². The average molecular weight is 256 g/mol. The predicted octanol–water partition coefficient (Wildman–Crippen LogP) is 2.28. The van der Waals surface area contributed by atoms with Crippen LogP contribution in [-0.2, 0) is 0 Å². The number of halogens is 1. The Kier molecular flexibility index (Phi) is 4.40. The van der Waals surface area contributed by atoms with Gasteiger partial charge in [0.05, 0.1) is 5.56 Å². The number of nitrogens with one attached hydrogen (secondary N) is 1. The van der Waals surface area contributed by atoms with Crippen molar-refractivity contribution in [1.82, 2.24) is 5.32 Å². The van der Waals surface area contributed by atoms with E-state index in [-0.39, 0.29) is 10.3 Å². The van der Waals surface area contributed by atoms with E-state index < -0.39 is 11.7 Å². The highest BCUT2D eigenvalue weighted by molar-refractivity contribution is 7.99. The first-order chi connectivity index (χ1) is 7.85. The zero-order chi connectivity index (χ0) is 13.1. The van der Waals surface area contributed by atoms with Gasteiger partial charge in [0, 0.05) is 17.0 Å². The van der Waals surface area contributed by atoms with Crippen LogP contribution in [-0.4, -0.2) is 23.5 Å². The number of hydrogen-bond acceptors (Lipinski definition) is 3. The summed E-state index contributed by atoms with van der Waals surface area (Å²) in [5.41, 5.74) is 5.75. The van der Waals surface area contributed by atoms with Gasteiger partial charge in [-0.05, 0) is 38.3 Å². The molecule has 0 aliphatic carbocycles. The molecule has 0 aliphatic rings. The second-order valence-corrected chi connectivity index (χ2v) is 5.90. The predicted molar refractivity (Wildman–Crippen MR) is 70.7 cm³/mol. The lowest BCUT2D eigenvalue weighted by atomic mass is 10.1. The maximum atomic E-state index is 13.5. The fraction of sp³-hybridized carbons (Fsp3) is 0.417. The molecule has 0 heterocycles. The summed E-state index contributed by atoms with van der Waals surface area (Å²) in [7, 11) is 0. The fourth-order valence-corrected chi connectivity index (χ4v) is 1.39. The number of thioether (sulfide) groups is 1. The first-order valence-corrected chi connectivity index (χ1v) is 6.46. The van der Waals surface area contributed by atoms with Crippen molar-refractivity contribution in [2.75, 3.05) is 18.5 Å². The van der Waals surface area contributed by atoms with Crippen molar-refractivity contribution < 1.29 is 9.18 Å².